The highest BCUT2D eigenvalue weighted by Gasteiger charge is 2.22. The Morgan fingerprint density at radius 3 is 2.50 bits per heavy atom. The van der Waals surface area contributed by atoms with Gasteiger partial charge in [0.15, 0.2) is 0 Å². The summed E-state index contributed by atoms with van der Waals surface area (Å²) < 4.78 is 1.94. The van der Waals surface area contributed by atoms with Gasteiger partial charge in [-0.3, -0.25) is 4.79 Å². The Bertz CT molecular complexity index is 601. The van der Waals surface area contributed by atoms with E-state index in [1.165, 1.54) is 11.1 Å². The fraction of sp³-hybridized carbons (Fsp3) is 0.429. The number of hydrogen-bond donors (Lipinski definition) is 1. The molecule has 0 aliphatic rings. The lowest BCUT2D eigenvalue weighted by Gasteiger charge is -2.18. The van der Waals surface area contributed by atoms with Crippen molar-refractivity contribution >= 4 is 17.0 Å². The van der Waals surface area contributed by atoms with Crippen LogP contribution in [-0.2, 0) is 4.79 Å². The highest BCUT2D eigenvalue weighted by Crippen LogP contribution is 2.25. The molecule has 0 bridgehead atoms. The molecule has 0 amide bonds. The Morgan fingerprint density at radius 2 is 1.89 bits per heavy atom. The van der Waals surface area contributed by atoms with Crippen molar-refractivity contribution in [3.63, 3.8) is 0 Å². The molecule has 0 aliphatic carbocycles. The molecule has 4 nitrogen and oxygen atoms in total. The van der Waals surface area contributed by atoms with Crippen molar-refractivity contribution in [3.8, 4) is 0 Å². The Kier molecular flexibility index (Phi) is 3.11. The van der Waals surface area contributed by atoms with E-state index in [1.807, 2.05) is 17.6 Å². The summed E-state index contributed by atoms with van der Waals surface area (Å²) in [6.07, 6.45) is 1.73. The van der Waals surface area contributed by atoms with Crippen molar-refractivity contribution in [3.05, 3.63) is 29.6 Å². The van der Waals surface area contributed by atoms with Crippen molar-refractivity contribution in [2.24, 2.45) is 5.92 Å². The zero-order valence-electron chi connectivity index (χ0n) is 11.1. The largest absolute Gasteiger partial charge is 0.481 e. The number of carboxylic acid groups (broad SMARTS) is 1. The third kappa shape index (κ3) is 1.98. The number of hydrogen-bond acceptors (Lipinski definition) is 2. The van der Waals surface area contributed by atoms with Crippen LogP contribution in [0, 0.1) is 19.8 Å². The molecule has 2 unspecified atom stereocenters. The Morgan fingerprint density at radius 1 is 1.28 bits per heavy atom. The molecule has 96 valence electrons. The van der Waals surface area contributed by atoms with Crippen LogP contribution >= 0.6 is 0 Å². The average Bonchev–Trinajstić information content (AvgIpc) is 2.70. The lowest BCUT2D eigenvalue weighted by molar-refractivity contribution is -0.142. The fourth-order valence-corrected chi connectivity index (χ4v) is 2.05. The lowest BCUT2D eigenvalue weighted by Crippen LogP contribution is -2.21. The molecular formula is C14H18N2O2. The Labute approximate surface area is 106 Å². The first kappa shape index (κ1) is 12.6. The van der Waals surface area contributed by atoms with E-state index in [9.17, 15) is 4.79 Å². The zero-order valence-corrected chi connectivity index (χ0v) is 11.1. The van der Waals surface area contributed by atoms with Gasteiger partial charge in [-0.05, 0) is 51.0 Å². The molecule has 18 heavy (non-hydrogen) atoms. The van der Waals surface area contributed by atoms with E-state index < -0.39 is 11.9 Å². The van der Waals surface area contributed by atoms with Crippen LogP contribution in [0.5, 0.6) is 0 Å². The molecule has 0 aliphatic heterocycles. The van der Waals surface area contributed by atoms with Crippen LogP contribution in [0.4, 0.5) is 0 Å². The van der Waals surface area contributed by atoms with Crippen LogP contribution in [0.2, 0.25) is 0 Å². The SMILES string of the molecule is Cc1cc2ncn(C(C)C(C)C(=O)O)c2cc1C. The number of rotatable bonds is 3. The summed E-state index contributed by atoms with van der Waals surface area (Å²) in [4.78, 5) is 15.4. The third-order valence-corrected chi connectivity index (χ3v) is 3.74. The van der Waals surface area contributed by atoms with Gasteiger partial charge in [0.25, 0.3) is 0 Å². The first-order valence-corrected chi connectivity index (χ1v) is 6.08. The number of fused-ring (bicyclic) bond motifs is 1. The van der Waals surface area contributed by atoms with Crippen molar-refractivity contribution in [2.75, 3.05) is 0 Å². The highest BCUT2D eigenvalue weighted by molar-refractivity contribution is 5.78. The van der Waals surface area contributed by atoms with Crippen LogP contribution in [0.3, 0.4) is 0 Å². The maximum absolute atomic E-state index is 11.1. The molecule has 2 rings (SSSR count). The summed E-state index contributed by atoms with van der Waals surface area (Å²) in [6, 6.07) is 4.00. The summed E-state index contributed by atoms with van der Waals surface area (Å²) in [6.45, 7) is 7.74. The quantitative estimate of drug-likeness (QED) is 0.905. The van der Waals surface area contributed by atoms with Gasteiger partial charge in [-0.2, -0.15) is 0 Å². The number of benzene rings is 1. The summed E-state index contributed by atoms with van der Waals surface area (Å²) in [5.74, 6) is -1.22. The molecule has 0 saturated carbocycles. The van der Waals surface area contributed by atoms with Crippen molar-refractivity contribution in [2.45, 2.75) is 33.7 Å². The molecule has 2 aromatic rings. The highest BCUT2D eigenvalue weighted by atomic mass is 16.4. The zero-order chi connectivity index (χ0) is 13.4. The number of carbonyl (C=O) groups is 1. The molecule has 0 radical (unpaired) electrons. The van der Waals surface area contributed by atoms with Gasteiger partial charge >= 0.3 is 5.97 Å². The normalized spacial score (nSPS) is 14.7. The van der Waals surface area contributed by atoms with E-state index in [4.69, 9.17) is 5.11 Å². The second-order valence-electron chi connectivity index (χ2n) is 4.94. The lowest BCUT2D eigenvalue weighted by atomic mass is 10.0. The topological polar surface area (TPSA) is 55.1 Å². The fourth-order valence-electron chi connectivity index (χ4n) is 2.05. The monoisotopic (exact) mass is 246 g/mol. The minimum Gasteiger partial charge on any atom is -0.481 e. The van der Waals surface area contributed by atoms with Crippen LogP contribution in [0.1, 0.15) is 31.0 Å². The molecule has 0 saturated heterocycles. The number of carboxylic acids is 1. The van der Waals surface area contributed by atoms with E-state index in [1.54, 1.807) is 13.3 Å². The third-order valence-electron chi connectivity index (χ3n) is 3.74. The van der Waals surface area contributed by atoms with Gasteiger partial charge in [-0.25, -0.2) is 4.98 Å². The maximum Gasteiger partial charge on any atom is 0.308 e. The van der Waals surface area contributed by atoms with E-state index in [0.717, 1.165) is 11.0 Å². The van der Waals surface area contributed by atoms with Gasteiger partial charge in [0.1, 0.15) is 0 Å². The van der Waals surface area contributed by atoms with Crippen LogP contribution in [-0.4, -0.2) is 20.6 Å². The minimum atomic E-state index is -0.784. The summed E-state index contributed by atoms with van der Waals surface area (Å²) >= 11 is 0. The molecule has 0 spiro atoms. The number of aliphatic carboxylic acids is 1. The van der Waals surface area contributed by atoms with Crippen LogP contribution < -0.4 is 0 Å². The molecule has 1 heterocycles. The van der Waals surface area contributed by atoms with E-state index in [-0.39, 0.29) is 6.04 Å². The first-order chi connectivity index (χ1) is 8.41. The molecular weight excluding hydrogens is 228 g/mol. The standard InChI is InChI=1S/C14H18N2O2/c1-8-5-12-13(6-9(8)2)16(7-15-12)11(4)10(3)14(17)18/h5-7,10-11H,1-4H3,(H,17,18). The molecule has 2 atom stereocenters. The molecule has 1 aromatic carbocycles. The second-order valence-corrected chi connectivity index (χ2v) is 4.94. The molecule has 4 heteroatoms. The van der Waals surface area contributed by atoms with Gasteiger partial charge in [-0.15, -0.1) is 0 Å². The predicted octanol–water partition coefficient (Wildman–Crippen LogP) is 2.93. The summed E-state index contributed by atoms with van der Waals surface area (Å²) in [7, 11) is 0. The van der Waals surface area contributed by atoms with Crippen LogP contribution in [0.25, 0.3) is 11.0 Å². The Hall–Kier alpha value is -1.84. The van der Waals surface area contributed by atoms with Crippen molar-refractivity contribution in [1.82, 2.24) is 9.55 Å². The van der Waals surface area contributed by atoms with Crippen molar-refractivity contribution in [1.29, 1.82) is 0 Å². The van der Waals surface area contributed by atoms with Crippen LogP contribution in [0.15, 0.2) is 18.5 Å². The number of aryl methyl sites for hydroxylation is 2. The Balaban J connectivity index is 2.52. The van der Waals surface area contributed by atoms with Gasteiger partial charge in [0.05, 0.1) is 23.3 Å². The smallest absolute Gasteiger partial charge is 0.308 e. The summed E-state index contributed by atoms with van der Waals surface area (Å²) in [5, 5.41) is 9.09. The maximum atomic E-state index is 11.1. The van der Waals surface area contributed by atoms with E-state index in [2.05, 4.69) is 24.9 Å². The number of nitrogens with zero attached hydrogens (tertiary/aromatic N) is 2. The van der Waals surface area contributed by atoms with Gasteiger partial charge < -0.3 is 9.67 Å². The second kappa shape index (κ2) is 4.44. The predicted molar refractivity (Wildman–Crippen MR) is 70.7 cm³/mol. The van der Waals surface area contributed by atoms with Crippen molar-refractivity contribution < 1.29 is 9.90 Å². The van der Waals surface area contributed by atoms with Gasteiger partial charge in [-0.1, -0.05) is 0 Å². The average molecular weight is 246 g/mol. The number of imidazole rings is 1. The molecule has 1 aromatic heterocycles. The molecule has 1 N–H and O–H groups in total. The number of aromatic nitrogens is 2. The van der Waals surface area contributed by atoms with E-state index in [0.29, 0.717) is 0 Å². The molecule has 0 fully saturated rings. The first-order valence-electron chi connectivity index (χ1n) is 6.08. The summed E-state index contributed by atoms with van der Waals surface area (Å²) in [5.41, 5.74) is 4.31. The van der Waals surface area contributed by atoms with E-state index >= 15 is 0 Å². The van der Waals surface area contributed by atoms with Gasteiger partial charge in [0, 0.05) is 6.04 Å². The minimum absolute atomic E-state index is 0.116. The van der Waals surface area contributed by atoms with Gasteiger partial charge in [0.2, 0.25) is 0 Å².